The molecular formula is C18H20ClN3O4. The Bertz CT molecular complexity index is 913. The van der Waals surface area contributed by atoms with Gasteiger partial charge in [-0.1, -0.05) is 12.1 Å². The van der Waals surface area contributed by atoms with Gasteiger partial charge in [-0.05, 0) is 36.5 Å². The number of aromatic carboxylic acids is 1. The van der Waals surface area contributed by atoms with Crippen LogP contribution < -0.4 is 16.2 Å². The molecule has 0 radical (unpaired) electrons. The van der Waals surface area contributed by atoms with Crippen LogP contribution in [0.3, 0.4) is 0 Å². The lowest BCUT2D eigenvalue weighted by atomic mass is 10.0. The summed E-state index contributed by atoms with van der Waals surface area (Å²) in [6, 6.07) is 7.99. The minimum absolute atomic E-state index is 0. The molecule has 8 heteroatoms. The van der Waals surface area contributed by atoms with Gasteiger partial charge in [0.2, 0.25) is 0 Å². The predicted molar refractivity (Wildman–Crippen MR) is 100 cm³/mol. The number of nitrogens with zero attached hydrogens (tertiary/aromatic N) is 1. The first-order valence-corrected chi connectivity index (χ1v) is 8.18. The van der Waals surface area contributed by atoms with E-state index in [0.29, 0.717) is 34.7 Å². The molecule has 0 amide bonds. The van der Waals surface area contributed by atoms with Crippen LogP contribution in [0.5, 0.6) is 5.75 Å². The minimum Gasteiger partial charge on any atom is -0.506 e. The molecule has 1 aromatic heterocycles. The van der Waals surface area contributed by atoms with Gasteiger partial charge in [0, 0.05) is 30.4 Å². The zero-order valence-electron chi connectivity index (χ0n) is 14.1. The van der Waals surface area contributed by atoms with Gasteiger partial charge in [-0.25, -0.2) is 4.79 Å². The number of benzene rings is 1. The largest absolute Gasteiger partial charge is 0.506 e. The van der Waals surface area contributed by atoms with E-state index in [-0.39, 0.29) is 12.4 Å². The van der Waals surface area contributed by atoms with Crippen LogP contribution in [-0.4, -0.2) is 40.3 Å². The molecule has 26 heavy (non-hydrogen) atoms. The highest BCUT2D eigenvalue weighted by atomic mass is 35.5. The van der Waals surface area contributed by atoms with Gasteiger partial charge in [-0.15, -0.1) is 12.4 Å². The Morgan fingerprint density at radius 1 is 1.23 bits per heavy atom. The number of fused-ring (bicyclic) bond motifs is 1. The molecule has 4 rings (SSSR count). The smallest absolute Gasteiger partial charge is 0.345 e. The van der Waals surface area contributed by atoms with Gasteiger partial charge in [0.05, 0.1) is 5.69 Å². The number of nitrogens with one attached hydrogen (secondary N) is 1. The van der Waals surface area contributed by atoms with Crippen LogP contribution in [0.25, 0.3) is 11.3 Å². The number of anilines is 1. The molecule has 7 nitrogen and oxygen atoms in total. The van der Waals surface area contributed by atoms with Crippen molar-refractivity contribution in [1.82, 2.24) is 4.98 Å². The van der Waals surface area contributed by atoms with Gasteiger partial charge in [-0.3, -0.25) is 4.79 Å². The number of H-pyrrole nitrogens is 1. The van der Waals surface area contributed by atoms with Crippen molar-refractivity contribution in [3.05, 3.63) is 45.7 Å². The van der Waals surface area contributed by atoms with Gasteiger partial charge in [-0.2, -0.15) is 0 Å². The number of halogens is 1. The van der Waals surface area contributed by atoms with Crippen molar-refractivity contribution in [2.24, 2.45) is 17.6 Å². The summed E-state index contributed by atoms with van der Waals surface area (Å²) in [6.45, 7) is 3.51. The molecule has 3 atom stereocenters. The number of pyridine rings is 1. The maximum absolute atomic E-state index is 12.0. The Kier molecular flexibility index (Phi) is 4.46. The average molecular weight is 378 g/mol. The number of piperidine rings is 1. The van der Waals surface area contributed by atoms with E-state index < -0.39 is 22.8 Å². The van der Waals surface area contributed by atoms with Crippen LogP contribution in [0, 0.1) is 18.8 Å². The number of carboxylic acids is 1. The Morgan fingerprint density at radius 3 is 2.35 bits per heavy atom. The van der Waals surface area contributed by atoms with E-state index in [0.717, 1.165) is 18.8 Å². The SMILES string of the molecule is Cc1c(-c2ccc(N3C[C@@H]4[C@@H](N)[C@@H]4C3)cc2)[nH]c(=O)c(C(=O)O)c1O.Cl. The van der Waals surface area contributed by atoms with E-state index in [1.807, 2.05) is 24.3 Å². The fourth-order valence-corrected chi connectivity index (χ4v) is 3.79. The number of rotatable bonds is 3. The molecule has 2 aliphatic rings. The van der Waals surface area contributed by atoms with Crippen molar-refractivity contribution in [2.75, 3.05) is 18.0 Å². The number of aromatic hydroxyl groups is 1. The summed E-state index contributed by atoms with van der Waals surface area (Å²) < 4.78 is 0. The second-order valence-electron chi connectivity index (χ2n) is 6.84. The number of hydrogen-bond donors (Lipinski definition) is 4. The number of nitrogens with two attached hydrogens (primary N) is 1. The summed E-state index contributed by atoms with van der Waals surface area (Å²) >= 11 is 0. The van der Waals surface area contributed by atoms with Crippen LogP contribution in [0.15, 0.2) is 29.1 Å². The zero-order chi connectivity index (χ0) is 17.9. The highest BCUT2D eigenvalue weighted by molar-refractivity contribution is 5.91. The topological polar surface area (TPSA) is 120 Å². The van der Waals surface area contributed by atoms with Crippen LogP contribution in [0.2, 0.25) is 0 Å². The fraction of sp³-hybridized carbons (Fsp3) is 0.333. The Balaban J connectivity index is 0.00000196. The van der Waals surface area contributed by atoms with Gasteiger partial charge in [0.1, 0.15) is 5.75 Å². The van der Waals surface area contributed by atoms with Crippen LogP contribution in [0.1, 0.15) is 15.9 Å². The molecule has 1 aliphatic heterocycles. The van der Waals surface area contributed by atoms with E-state index >= 15 is 0 Å². The highest BCUT2D eigenvalue weighted by Crippen LogP contribution is 2.45. The number of aromatic amines is 1. The van der Waals surface area contributed by atoms with E-state index in [1.165, 1.54) is 0 Å². The molecule has 1 saturated carbocycles. The van der Waals surface area contributed by atoms with Crippen molar-refractivity contribution in [2.45, 2.75) is 13.0 Å². The van der Waals surface area contributed by atoms with Crippen molar-refractivity contribution in [3.8, 4) is 17.0 Å². The molecule has 0 unspecified atom stereocenters. The zero-order valence-corrected chi connectivity index (χ0v) is 14.9. The maximum Gasteiger partial charge on any atom is 0.345 e. The van der Waals surface area contributed by atoms with Gasteiger partial charge in [0.25, 0.3) is 5.56 Å². The third-order valence-corrected chi connectivity index (χ3v) is 5.43. The molecule has 2 heterocycles. The second kappa shape index (κ2) is 6.34. The quantitative estimate of drug-likeness (QED) is 0.644. The third kappa shape index (κ3) is 2.73. The van der Waals surface area contributed by atoms with Gasteiger partial charge >= 0.3 is 5.97 Å². The van der Waals surface area contributed by atoms with E-state index in [9.17, 15) is 14.7 Å². The van der Waals surface area contributed by atoms with Crippen LogP contribution in [-0.2, 0) is 0 Å². The summed E-state index contributed by atoms with van der Waals surface area (Å²) in [7, 11) is 0. The number of carbonyl (C=O) groups is 1. The van der Waals surface area contributed by atoms with Crippen molar-refractivity contribution >= 4 is 24.1 Å². The van der Waals surface area contributed by atoms with E-state index in [4.69, 9.17) is 10.8 Å². The van der Waals surface area contributed by atoms with Crippen molar-refractivity contribution < 1.29 is 15.0 Å². The van der Waals surface area contributed by atoms with E-state index in [2.05, 4.69) is 9.88 Å². The molecule has 2 fully saturated rings. The molecule has 138 valence electrons. The van der Waals surface area contributed by atoms with Crippen molar-refractivity contribution in [1.29, 1.82) is 0 Å². The Morgan fingerprint density at radius 2 is 1.81 bits per heavy atom. The molecule has 1 aromatic carbocycles. The summed E-state index contributed by atoms with van der Waals surface area (Å²) in [5, 5.41) is 19.1. The van der Waals surface area contributed by atoms with Crippen LogP contribution in [0.4, 0.5) is 5.69 Å². The first-order valence-electron chi connectivity index (χ1n) is 8.18. The number of hydrogen-bond acceptors (Lipinski definition) is 5. The van der Waals surface area contributed by atoms with Gasteiger partial charge < -0.3 is 25.8 Å². The first-order chi connectivity index (χ1) is 11.9. The lowest BCUT2D eigenvalue weighted by Crippen LogP contribution is -2.27. The maximum atomic E-state index is 12.0. The fourth-order valence-electron chi connectivity index (χ4n) is 3.79. The lowest BCUT2D eigenvalue weighted by Gasteiger charge is -2.21. The van der Waals surface area contributed by atoms with Gasteiger partial charge in [0.15, 0.2) is 5.56 Å². The molecule has 1 aliphatic carbocycles. The summed E-state index contributed by atoms with van der Waals surface area (Å²) in [6.07, 6.45) is 0. The van der Waals surface area contributed by atoms with E-state index in [1.54, 1.807) is 6.92 Å². The first kappa shape index (κ1) is 18.3. The Hall–Kier alpha value is -2.51. The lowest BCUT2D eigenvalue weighted by molar-refractivity contribution is 0.0691. The summed E-state index contributed by atoms with van der Waals surface area (Å²) in [5.41, 5.74) is 7.07. The minimum atomic E-state index is -1.45. The molecule has 5 N–H and O–H groups in total. The summed E-state index contributed by atoms with van der Waals surface area (Å²) in [5.74, 6) is -0.754. The second-order valence-corrected chi connectivity index (χ2v) is 6.84. The molecule has 2 aromatic rings. The van der Waals surface area contributed by atoms with Crippen molar-refractivity contribution in [3.63, 3.8) is 0 Å². The monoisotopic (exact) mass is 377 g/mol. The Labute approximate surface area is 155 Å². The summed E-state index contributed by atoms with van der Waals surface area (Å²) in [4.78, 5) is 27.9. The normalized spacial score (nSPS) is 23.3. The molecule has 0 bridgehead atoms. The van der Waals surface area contributed by atoms with Crippen LogP contribution >= 0.6 is 12.4 Å². The molecular weight excluding hydrogens is 358 g/mol. The number of carboxylic acid groups (broad SMARTS) is 1. The number of aromatic nitrogens is 1. The molecule has 0 spiro atoms. The average Bonchev–Trinajstić information content (AvgIpc) is 2.98. The third-order valence-electron chi connectivity index (χ3n) is 5.43. The molecule has 1 saturated heterocycles. The standard InChI is InChI=1S/C18H19N3O4.ClH/c1-8-15(20-17(23)13(16(8)22)18(24)25)9-2-4-10(5-3-9)21-6-11-12(7-21)14(11)19;/h2-5,11-12,14H,6-7,19H2,1H3,(H,24,25)(H2,20,22,23);1H/t11-,12+,14+;. The highest BCUT2D eigenvalue weighted by Gasteiger charge is 2.53. The predicted octanol–water partition coefficient (Wildman–Crippen LogP) is 1.57.